The molecule has 2 rings (SSSR count). The summed E-state index contributed by atoms with van der Waals surface area (Å²) in [7, 11) is 0. The van der Waals surface area contributed by atoms with Gasteiger partial charge in [-0.15, -0.1) is 11.8 Å². The predicted molar refractivity (Wildman–Crippen MR) is 92.6 cm³/mol. The molecule has 0 radical (unpaired) electrons. The van der Waals surface area contributed by atoms with Crippen LogP contribution < -0.4 is 0 Å². The zero-order valence-corrected chi connectivity index (χ0v) is 14.1. The lowest BCUT2D eigenvalue weighted by molar-refractivity contribution is 0.102. The van der Waals surface area contributed by atoms with Gasteiger partial charge in [-0.1, -0.05) is 47.5 Å². The van der Waals surface area contributed by atoms with Crippen LogP contribution in [-0.2, 0) is 5.75 Å². The summed E-state index contributed by atoms with van der Waals surface area (Å²) >= 11 is 7.74. The van der Waals surface area contributed by atoms with E-state index in [2.05, 4.69) is 19.1 Å². The van der Waals surface area contributed by atoms with Gasteiger partial charge < -0.3 is 0 Å². The first-order valence-electron chi connectivity index (χ1n) is 6.91. The Balaban J connectivity index is 2.01. The lowest BCUT2D eigenvalue weighted by atomic mass is 9.97. The van der Waals surface area contributed by atoms with E-state index in [9.17, 15) is 4.79 Å². The lowest BCUT2D eigenvalue weighted by Gasteiger charge is -2.10. The Morgan fingerprint density at radius 3 is 2.33 bits per heavy atom. The Hall–Kier alpha value is -1.25. The third-order valence-corrected chi connectivity index (χ3v) is 4.75. The van der Waals surface area contributed by atoms with Crippen LogP contribution >= 0.6 is 23.4 Å². The monoisotopic (exact) mass is 318 g/mol. The molecule has 0 unspecified atom stereocenters. The van der Waals surface area contributed by atoms with Gasteiger partial charge in [0.2, 0.25) is 0 Å². The van der Waals surface area contributed by atoms with Gasteiger partial charge in [-0.3, -0.25) is 4.79 Å². The molecule has 1 nitrogen and oxygen atoms in total. The second-order valence-corrected chi connectivity index (χ2v) is 6.67. The number of Topliss-reactive ketones (excluding diaryl/α,β-unsaturated/α-hetero) is 1. The molecule has 0 heterocycles. The summed E-state index contributed by atoms with van der Waals surface area (Å²) in [5.41, 5.74) is 5.28. The normalized spacial score (nSPS) is 10.7. The van der Waals surface area contributed by atoms with Crippen molar-refractivity contribution in [1.29, 1.82) is 0 Å². The van der Waals surface area contributed by atoms with Gasteiger partial charge in [0.1, 0.15) is 0 Å². The zero-order valence-electron chi connectivity index (χ0n) is 12.6. The van der Waals surface area contributed by atoms with E-state index in [-0.39, 0.29) is 5.78 Å². The second-order valence-electron chi connectivity index (χ2n) is 5.28. The number of thioether (sulfide) groups is 1. The third-order valence-electron chi connectivity index (χ3n) is 3.40. The highest BCUT2D eigenvalue weighted by Gasteiger charge is 2.13. The summed E-state index contributed by atoms with van der Waals surface area (Å²) in [6, 6.07) is 11.9. The number of aryl methyl sites for hydroxylation is 3. The topological polar surface area (TPSA) is 17.1 Å². The highest BCUT2D eigenvalue weighted by atomic mass is 35.5. The van der Waals surface area contributed by atoms with Crippen molar-refractivity contribution in [3.63, 3.8) is 0 Å². The molecule has 0 N–H and O–H groups in total. The Labute approximate surface area is 135 Å². The number of hydrogen-bond donors (Lipinski definition) is 0. The van der Waals surface area contributed by atoms with Crippen LogP contribution in [0, 0.1) is 20.8 Å². The van der Waals surface area contributed by atoms with Crippen LogP contribution in [0.1, 0.15) is 32.6 Å². The lowest BCUT2D eigenvalue weighted by Crippen LogP contribution is -2.08. The number of halogens is 1. The number of rotatable bonds is 5. The SMILES string of the molecule is Cc1cc(C)c(C(=O)CSCc2ccccc2Cl)c(C)c1. The minimum absolute atomic E-state index is 0.196. The average molecular weight is 319 g/mol. The molecule has 0 aliphatic rings. The zero-order chi connectivity index (χ0) is 15.4. The van der Waals surface area contributed by atoms with Gasteiger partial charge in [0.25, 0.3) is 0 Å². The molecule has 2 aromatic rings. The number of ketones is 1. The predicted octanol–water partition coefficient (Wildman–Crippen LogP) is 5.38. The van der Waals surface area contributed by atoms with Crippen molar-refractivity contribution >= 4 is 29.1 Å². The van der Waals surface area contributed by atoms with Gasteiger partial charge in [0.15, 0.2) is 5.78 Å². The van der Waals surface area contributed by atoms with Gasteiger partial charge >= 0.3 is 0 Å². The Morgan fingerprint density at radius 2 is 1.71 bits per heavy atom. The molecule has 0 amide bonds. The van der Waals surface area contributed by atoms with E-state index in [0.29, 0.717) is 5.75 Å². The summed E-state index contributed by atoms with van der Waals surface area (Å²) < 4.78 is 0. The van der Waals surface area contributed by atoms with Gasteiger partial charge in [0, 0.05) is 16.3 Å². The van der Waals surface area contributed by atoms with Crippen LogP contribution in [0.4, 0.5) is 0 Å². The molecule has 3 heteroatoms. The van der Waals surface area contributed by atoms with E-state index >= 15 is 0 Å². The standard InChI is InChI=1S/C18H19ClOS/c1-12-8-13(2)18(14(3)9-12)17(20)11-21-10-15-6-4-5-7-16(15)19/h4-9H,10-11H2,1-3H3. The summed E-state index contributed by atoms with van der Waals surface area (Å²) in [4.78, 5) is 12.4. The maximum atomic E-state index is 12.4. The fourth-order valence-corrected chi connectivity index (χ4v) is 3.75. The van der Waals surface area contributed by atoms with Crippen molar-refractivity contribution in [3.05, 3.63) is 69.2 Å². The van der Waals surface area contributed by atoms with Gasteiger partial charge in [-0.2, -0.15) is 0 Å². The summed E-state index contributed by atoms with van der Waals surface area (Å²) in [5.74, 6) is 1.44. The Kier molecular flexibility index (Phi) is 5.49. The van der Waals surface area contributed by atoms with E-state index in [0.717, 1.165) is 33.0 Å². The fourth-order valence-electron chi connectivity index (χ4n) is 2.56. The Bertz CT molecular complexity index is 641. The molecule has 0 aliphatic heterocycles. The molecular formula is C18H19ClOS. The molecule has 0 saturated carbocycles. The minimum atomic E-state index is 0.196. The van der Waals surface area contributed by atoms with E-state index in [1.165, 1.54) is 5.56 Å². The summed E-state index contributed by atoms with van der Waals surface area (Å²) in [5, 5.41) is 0.764. The van der Waals surface area contributed by atoms with E-state index in [1.807, 2.05) is 38.1 Å². The fraction of sp³-hybridized carbons (Fsp3) is 0.278. The van der Waals surface area contributed by atoms with Crippen molar-refractivity contribution in [3.8, 4) is 0 Å². The number of hydrogen-bond acceptors (Lipinski definition) is 2. The average Bonchev–Trinajstić information content (AvgIpc) is 2.39. The van der Waals surface area contributed by atoms with Crippen molar-refractivity contribution in [1.82, 2.24) is 0 Å². The van der Waals surface area contributed by atoms with E-state index < -0.39 is 0 Å². The molecule has 0 atom stereocenters. The van der Waals surface area contributed by atoms with Crippen molar-refractivity contribution in [2.75, 3.05) is 5.75 Å². The van der Waals surface area contributed by atoms with Crippen molar-refractivity contribution < 1.29 is 4.79 Å². The first-order valence-corrected chi connectivity index (χ1v) is 8.44. The second kappa shape index (κ2) is 7.15. The largest absolute Gasteiger partial charge is 0.293 e. The molecule has 0 spiro atoms. The molecule has 0 fully saturated rings. The first-order chi connectivity index (χ1) is 9.99. The van der Waals surface area contributed by atoms with Gasteiger partial charge in [-0.25, -0.2) is 0 Å². The van der Waals surface area contributed by atoms with Gasteiger partial charge in [0.05, 0.1) is 5.75 Å². The van der Waals surface area contributed by atoms with Crippen LogP contribution in [0.5, 0.6) is 0 Å². The molecule has 110 valence electrons. The van der Waals surface area contributed by atoms with Crippen LogP contribution in [0.2, 0.25) is 5.02 Å². The number of carbonyl (C=O) groups is 1. The summed E-state index contributed by atoms with van der Waals surface area (Å²) in [6.07, 6.45) is 0. The molecule has 0 aliphatic carbocycles. The van der Waals surface area contributed by atoms with Gasteiger partial charge in [-0.05, 0) is 43.5 Å². The van der Waals surface area contributed by atoms with E-state index in [4.69, 9.17) is 11.6 Å². The molecule has 2 aromatic carbocycles. The van der Waals surface area contributed by atoms with Crippen LogP contribution in [0.25, 0.3) is 0 Å². The van der Waals surface area contributed by atoms with Crippen LogP contribution in [0.3, 0.4) is 0 Å². The maximum absolute atomic E-state index is 12.4. The highest BCUT2D eigenvalue weighted by molar-refractivity contribution is 7.99. The molecule has 0 saturated heterocycles. The Morgan fingerprint density at radius 1 is 1.10 bits per heavy atom. The van der Waals surface area contributed by atoms with Crippen molar-refractivity contribution in [2.45, 2.75) is 26.5 Å². The molecular weight excluding hydrogens is 300 g/mol. The van der Waals surface area contributed by atoms with Crippen LogP contribution in [-0.4, -0.2) is 11.5 Å². The number of carbonyl (C=O) groups excluding carboxylic acids is 1. The highest BCUT2D eigenvalue weighted by Crippen LogP contribution is 2.23. The first kappa shape index (κ1) is 16.1. The van der Waals surface area contributed by atoms with Crippen LogP contribution in [0.15, 0.2) is 36.4 Å². The molecule has 21 heavy (non-hydrogen) atoms. The maximum Gasteiger partial charge on any atom is 0.173 e. The third kappa shape index (κ3) is 4.12. The van der Waals surface area contributed by atoms with E-state index in [1.54, 1.807) is 11.8 Å². The minimum Gasteiger partial charge on any atom is -0.293 e. The summed E-state index contributed by atoms with van der Waals surface area (Å²) in [6.45, 7) is 6.07. The quantitative estimate of drug-likeness (QED) is 0.688. The van der Waals surface area contributed by atoms with Crippen molar-refractivity contribution in [2.24, 2.45) is 0 Å². The molecule has 0 aromatic heterocycles. The molecule has 0 bridgehead atoms. The smallest absolute Gasteiger partial charge is 0.173 e. The number of benzene rings is 2.